The zero-order valence-electron chi connectivity index (χ0n) is 14.7. The number of carbonyl (C=O) groups is 1. The number of amides is 1. The van der Waals surface area contributed by atoms with Crippen molar-refractivity contribution < 1.29 is 73.4 Å². The van der Waals surface area contributed by atoms with Gasteiger partial charge in [-0.25, -0.2) is 0 Å². The standard InChI is InChI=1S/C17H15ClN2O5S.K/c1-11-4-2-3-5-13(11)17(21)20-9-8-15(19-25-26(22,23)24)14-7-6-12(18)10-16(14)20;/h2-7,10H,8-9H2,1H3,(H,22,23,24);/q;+1/p-1. The number of halogens is 1. The summed E-state index contributed by atoms with van der Waals surface area (Å²) in [6, 6.07) is 12.0. The van der Waals surface area contributed by atoms with Crippen LogP contribution in [0.4, 0.5) is 5.69 Å². The molecule has 2 aromatic carbocycles. The maximum absolute atomic E-state index is 13.0. The number of fused-ring (bicyclic) bond motifs is 1. The van der Waals surface area contributed by atoms with Gasteiger partial charge in [0.15, 0.2) is 0 Å². The second-order valence-corrected chi connectivity index (χ2v) is 7.11. The maximum Gasteiger partial charge on any atom is 1.00 e. The molecule has 0 fully saturated rings. The normalized spacial score (nSPS) is 15.1. The Morgan fingerprint density at radius 2 is 1.96 bits per heavy atom. The molecule has 1 heterocycles. The number of rotatable bonds is 3. The molecular formula is C17H14ClKN2O5S. The summed E-state index contributed by atoms with van der Waals surface area (Å²) in [5.41, 5.74) is 2.59. The molecule has 0 aromatic heterocycles. The minimum absolute atomic E-state index is 0. The molecule has 10 heteroatoms. The molecule has 0 radical (unpaired) electrons. The summed E-state index contributed by atoms with van der Waals surface area (Å²) in [4.78, 5) is 14.5. The van der Waals surface area contributed by atoms with E-state index in [4.69, 9.17) is 11.6 Å². The van der Waals surface area contributed by atoms with Crippen LogP contribution < -0.4 is 56.3 Å². The van der Waals surface area contributed by atoms with Crippen molar-refractivity contribution in [1.82, 2.24) is 0 Å². The summed E-state index contributed by atoms with van der Waals surface area (Å²) in [6.07, 6.45) is 0.224. The van der Waals surface area contributed by atoms with Gasteiger partial charge in [-0.1, -0.05) is 35.0 Å². The van der Waals surface area contributed by atoms with Crippen LogP contribution in [0.2, 0.25) is 5.02 Å². The number of oxime groups is 1. The Hall–Kier alpha value is -0.784. The Labute approximate surface area is 204 Å². The molecule has 1 aliphatic heterocycles. The SMILES string of the molecule is Cc1ccccc1C(=O)N1CCC(=NOS(=O)(=O)[O-])c2ccc(Cl)cc21.[K+]. The number of nitrogens with zero attached hydrogens (tertiary/aromatic N) is 2. The first kappa shape index (κ1) is 22.5. The predicted octanol–water partition coefficient (Wildman–Crippen LogP) is -0.116. The molecule has 0 aliphatic carbocycles. The molecule has 27 heavy (non-hydrogen) atoms. The molecule has 7 nitrogen and oxygen atoms in total. The molecule has 1 aliphatic rings. The molecule has 3 rings (SSSR count). The summed E-state index contributed by atoms with van der Waals surface area (Å²) in [6.45, 7) is 2.08. The Bertz CT molecular complexity index is 1010. The number of carbonyl (C=O) groups excluding carboxylic acids is 1. The zero-order chi connectivity index (χ0) is 18.9. The average molecular weight is 433 g/mol. The van der Waals surface area contributed by atoms with Crippen LogP contribution in [0.25, 0.3) is 0 Å². The number of hydrogen-bond acceptors (Lipinski definition) is 6. The Kier molecular flexibility index (Phi) is 7.62. The molecule has 0 atom stereocenters. The second kappa shape index (κ2) is 9.14. The van der Waals surface area contributed by atoms with E-state index in [1.807, 2.05) is 19.1 Å². The van der Waals surface area contributed by atoms with Gasteiger partial charge in [0.1, 0.15) is 0 Å². The molecule has 136 valence electrons. The van der Waals surface area contributed by atoms with E-state index >= 15 is 0 Å². The van der Waals surface area contributed by atoms with E-state index in [1.54, 1.807) is 35.2 Å². The third-order valence-electron chi connectivity index (χ3n) is 3.99. The molecular weight excluding hydrogens is 419 g/mol. The Morgan fingerprint density at radius 3 is 2.63 bits per heavy atom. The monoisotopic (exact) mass is 432 g/mol. The quantitative estimate of drug-likeness (QED) is 0.291. The van der Waals surface area contributed by atoms with E-state index in [-0.39, 0.29) is 76.0 Å². The fourth-order valence-corrected chi connectivity index (χ4v) is 3.15. The molecule has 0 bridgehead atoms. The van der Waals surface area contributed by atoms with Gasteiger partial charge in [0.2, 0.25) is 0 Å². The van der Waals surface area contributed by atoms with Crippen LogP contribution in [0, 0.1) is 6.92 Å². The number of anilines is 1. The van der Waals surface area contributed by atoms with Crippen molar-refractivity contribution in [3.63, 3.8) is 0 Å². The van der Waals surface area contributed by atoms with Crippen molar-refractivity contribution in [2.75, 3.05) is 11.4 Å². The fourth-order valence-electron chi connectivity index (χ4n) is 2.80. The van der Waals surface area contributed by atoms with Crippen LogP contribution in [0.5, 0.6) is 0 Å². The molecule has 0 saturated carbocycles. The van der Waals surface area contributed by atoms with Crippen molar-refractivity contribution in [1.29, 1.82) is 0 Å². The first-order chi connectivity index (χ1) is 12.3. The van der Waals surface area contributed by atoms with Crippen LogP contribution in [0.3, 0.4) is 0 Å². The third kappa shape index (κ3) is 5.39. The van der Waals surface area contributed by atoms with Crippen molar-refractivity contribution in [3.05, 3.63) is 64.2 Å². The van der Waals surface area contributed by atoms with Gasteiger partial charge in [0.05, 0.1) is 11.4 Å². The summed E-state index contributed by atoms with van der Waals surface area (Å²) in [7, 11) is -4.96. The predicted molar refractivity (Wildman–Crippen MR) is 96.2 cm³/mol. The summed E-state index contributed by atoms with van der Waals surface area (Å²) in [5.74, 6) is -0.206. The van der Waals surface area contributed by atoms with Crippen LogP contribution >= 0.6 is 11.6 Å². The van der Waals surface area contributed by atoms with Crippen molar-refractivity contribution in [3.8, 4) is 0 Å². The number of benzene rings is 2. The number of hydrogen-bond donors (Lipinski definition) is 0. The van der Waals surface area contributed by atoms with Gasteiger partial charge in [-0.3, -0.25) is 9.08 Å². The topological polar surface area (TPSA) is 99.1 Å². The van der Waals surface area contributed by atoms with E-state index in [9.17, 15) is 17.8 Å². The molecule has 1 amide bonds. The zero-order valence-corrected chi connectivity index (χ0v) is 19.4. The molecule has 2 aromatic rings. The van der Waals surface area contributed by atoms with Gasteiger partial charge in [0.25, 0.3) is 16.3 Å². The van der Waals surface area contributed by atoms with Crippen LogP contribution in [-0.2, 0) is 14.7 Å². The van der Waals surface area contributed by atoms with Crippen LogP contribution in [0.15, 0.2) is 47.6 Å². The van der Waals surface area contributed by atoms with Crippen molar-refractivity contribution >= 4 is 39.3 Å². The molecule has 0 saturated heterocycles. The van der Waals surface area contributed by atoms with Gasteiger partial charge in [-0.2, -0.15) is 8.42 Å². The van der Waals surface area contributed by atoms with Gasteiger partial charge >= 0.3 is 51.4 Å². The molecule has 0 N–H and O–H groups in total. The van der Waals surface area contributed by atoms with E-state index in [2.05, 4.69) is 9.44 Å². The minimum Gasteiger partial charge on any atom is -0.714 e. The fraction of sp³-hybridized carbons (Fsp3) is 0.176. The summed E-state index contributed by atoms with van der Waals surface area (Å²) < 4.78 is 36.0. The Morgan fingerprint density at radius 1 is 1.26 bits per heavy atom. The van der Waals surface area contributed by atoms with Crippen LogP contribution in [-0.4, -0.2) is 31.1 Å². The van der Waals surface area contributed by atoms with Gasteiger partial charge < -0.3 is 9.45 Å². The average Bonchev–Trinajstić information content (AvgIpc) is 2.58. The largest absolute Gasteiger partial charge is 1.00 e. The second-order valence-electron chi connectivity index (χ2n) is 5.70. The third-order valence-corrected chi connectivity index (χ3v) is 4.49. The van der Waals surface area contributed by atoms with E-state index in [1.165, 1.54) is 0 Å². The molecule has 0 unspecified atom stereocenters. The van der Waals surface area contributed by atoms with E-state index in [0.717, 1.165) is 5.56 Å². The van der Waals surface area contributed by atoms with Crippen LogP contribution in [0.1, 0.15) is 27.9 Å². The van der Waals surface area contributed by atoms with Crippen molar-refractivity contribution in [2.24, 2.45) is 5.16 Å². The first-order valence-corrected chi connectivity index (χ1v) is 9.36. The van der Waals surface area contributed by atoms with Crippen molar-refractivity contribution in [2.45, 2.75) is 13.3 Å². The van der Waals surface area contributed by atoms with Gasteiger partial charge in [-0.15, -0.1) is 0 Å². The van der Waals surface area contributed by atoms with E-state index in [0.29, 0.717) is 21.8 Å². The minimum atomic E-state index is -4.96. The van der Waals surface area contributed by atoms with Gasteiger partial charge in [-0.05, 0) is 36.8 Å². The Balaban J connectivity index is 0.00000261. The summed E-state index contributed by atoms with van der Waals surface area (Å²) in [5, 5.41) is 3.85. The first-order valence-electron chi connectivity index (χ1n) is 7.65. The van der Waals surface area contributed by atoms with Gasteiger partial charge in [0, 0.05) is 29.1 Å². The number of aryl methyl sites for hydroxylation is 1. The smallest absolute Gasteiger partial charge is 0.714 e. The molecule has 0 spiro atoms. The summed E-state index contributed by atoms with van der Waals surface area (Å²) >= 11 is 6.07. The maximum atomic E-state index is 13.0. The van der Waals surface area contributed by atoms with E-state index < -0.39 is 10.4 Å².